The van der Waals surface area contributed by atoms with Crippen molar-refractivity contribution < 1.29 is 44.9 Å². The van der Waals surface area contributed by atoms with Crippen LogP contribution in [0.2, 0.25) is 0 Å². The van der Waals surface area contributed by atoms with E-state index in [1.54, 1.807) is 32.1 Å². The second kappa shape index (κ2) is 14.1. The number of aliphatic hydroxyl groups is 1. The minimum Gasteiger partial charge on any atom is -0.506 e. The standard InChI is InChI=1S/C28H41N3O8/c1-14-10-18-23(29)20(32)13-19(25(18)34)31-27(35)15(2)8-7-9-21(37-5)26(39-28(30)36)17(4)12-16(3)24(33)22(11-14)38-6/h7-9,12-14,16,21-22,24,26,32-34H,10-11,29H2,1-6H3,(H2,30,36)(H,31,35)/p+1. The highest BCUT2D eigenvalue weighted by Crippen LogP contribution is 2.40. The molecule has 0 saturated carbocycles. The third-order valence-corrected chi connectivity index (χ3v) is 6.89. The first-order valence-corrected chi connectivity index (χ1v) is 12.7. The van der Waals surface area contributed by atoms with E-state index in [2.05, 4.69) is 11.1 Å². The number of methoxy groups -OCH3 is 2. The summed E-state index contributed by atoms with van der Waals surface area (Å²) in [5.41, 5.74) is 10.6. The highest BCUT2D eigenvalue weighted by atomic mass is 16.6. The number of nitrogens with one attached hydrogen (secondary N) is 1. The van der Waals surface area contributed by atoms with Crippen LogP contribution in [0.3, 0.4) is 0 Å². The molecule has 0 saturated heterocycles. The van der Waals surface area contributed by atoms with Gasteiger partial charge in [-0.05, 0) is 38.2 Å². The van der Waals surface area contributed by atoms with Crippen LogP contribution in [0, 0.1) is 11.8 Å². The van der Waals surface area contributed by atoms with Crippen LogP contribution in [0.5, 0.6) is 11.5 Å². The molecule has 9 N–H and O–H groups in total. The minimum absolute atomic E-state index is 0.0106. The second-order valence-corrected chi connectivity index (χ2v) is 10.1. The molecule has 6 atom stereocenters. The Balaban J connectivity index is 2.62. The number of fused-ring (bicyclic) bond motifs is 2. The van der Waals surface area contributed by atoms with Crippen molar-refractivity contribution in [3.8, 4) is 11.5 Å². The number of rotatable bonds is 3. The van der Waals surface area contributed by atoms with Crippen LogP contribution in [0.15, 0.2) is 41.5 Å². The van der Waals surface area contributed by atoms with E-state index in [1.165, 1.54) is 26.4 Å². The average Bonchev–Trinajstić information content (AvgIpc) is 2.88. The van der Waals surface area contributed by atoms with Gasteiger partial charge in [0.2, 0.25) is 0 Å². The average molecular weight is 549 g/mol. The summed E-state index contributed by atoms with van der Waals surface area (Å²) in [5, 5.41) is 35.1. The number of aromatic hydroxyl groups is 2. The van der Waals surface area contributed by atoms with Gasteiger partial charge in [-0.25, -0.2) is 0 Å². The Morgan fingerprint density at radius 1 is 1.18 bits per heavy atom. The molecule has 1 aromatic rings. The van der Waals surface area contributed by atoms with Crippen LogP contribution in [0.1, 0.15) is 39.7 Å². The molecule has 6 unspecified atom stereocenters. The van der Waals surface area contributed by atoms with Crippen LogP contribution in [-0.2, 0) is 25.4 Å². The summed E-state index contributed by atoms with van der Waals surface area (Å²) in [5.74, 6) is -1.58. The van der Waals surface area contributed by atoms with E-state index in [0.29, 0.717) is 17.6 Å². The number of hydrogen-bond acceptors (Lipinski definition) is 9. The van der Waals surface area contributed by atoms with Gasteiger partial charge in [0.15, 0.2) is 6.10 Å². The Bertz CT molecular complexity index is 1130. The zero-order valence-electron chi connectivity index (χ0n) is 23.4. The number of amides is 2. The van der Waals surface area contributed by atoms with Gasteiger partial charge in [0, 0.05) is 37.3 Å². The van der Waals surface area contributed by atoms with E-state index in [-0.39, 0.29) is 40.8 Å². The number of nitrogens with two attached hydrogens (primary N) is 1. The van der Waals surface area contributed by atoms with Gasteiger partial charge in [0.1, 0.15) is 17.6 Å². The van der Waals surface area contributed by atoms with Crippen molar-refractivity contribution in [1.29, 1.82) is 0 Å². The molecular formula is C28H42N3O8+. The van der Waals surface area contributed by atoms with Crippen LogP contribution in [0.4, 0.5) is 16.2 Å². The van der Waals surface area contributed by atoms with Gasteiger partial charge < -0.3 is 40.6 Å². The molecule has 0 spiro atoms. The smallest absolute Gasteiger partial charge is 0.506 e. The van der Waals surface area contributed by atoms with Crippen molar-refractivity contribution in [3.63, 3.8) is 0 Å². The van der Waals surface area contributed by atoms with Crippen LogP contribution in [-0.4, -0.2) is 66.0 Å². The fraction of sp³-hybridized carbons (Fsp3) is 0.500. The number of phenols is 2. The van der Waals surface area contributed by atoms with Gasteiger partial charge in [-0.3, -0.25) is 10.5 Å². The summed E-state index contributed by atoms with van der Waals surface area (Å²) in [7, 11) is 2.96. The van der Waals surface area contributed by atoms with Crippen LogP contribution >= 0.6 is 0 Å². The Morgan fingerprint density at radius 3 is 2.44 bits per heavy atom. The van der Waals surface area contributed by atoms with E-state index in [1.807, 2.05) is 13.8 Å². The summed E-state index contributed by atoms with van der Waals surface area (Å²) in [6, 6.07) is 1.19. The molecule has 1 heterocycles. The Hall–Kier alpha value is -3.38. The predicted molar refractivity (Wildman–Crippen MR) is 147 cm³/mol. The zero-order chi connectivity index (χ0) is 29.4. The molecule has 0 aliphatic carbocycles. The number of phenolic OH excluding ortho intramolecular Hbond substituents is 2. The highest BCUT2D eigenvalue weighted by Gasteiger charge is 2.30. The lowest BCUT2D eigenvalue weighted by molar-refractivity contribution is -0.288. The van der Waals surface area contributed by atoms with Crippen molar-refractivity contribution in [1.82, 2.24) is 0 Å². The largest absolute Gasteiger partial charge is 0.511 e. The summed E-state index contributed by atoms with van der Waals surface area (Å²) >= 11 is 0. The molecule has 39 heavy (non-hydrogen) atoms. The van der Waals surface area contributed by atoms with Crippen molar-refractivity contribution in [3.05, 3.63) is 47.1 Å². The van der Waals surface area contributed by atoms with Crippen molar-refractivity contribution in [2.45, 2.75) is 65.0 Å². The number of carbonyl (C=O) groups excluding carboxylic acids is 2. The quantitative estimate of drug-likeness (QED) is 0.143. The van der Waals surface area contributed by atoms with Crippen LogP contribution in [0.25, 0.3) is 0 Å². The number of quaternary nitrogens is 1. The second-order valence-electron chi connectivity index (χ2n) is 10.1. The van der Waals surface area contributed by atoms with E-state index in [4.69, 9.17) is 19.9 Å². The molecule has 216 valence electrons. The van der Waals surface area contributed by atoms with E-state index in [0.717, 1.165) is 0 Å². The molecule has 1 aliphatic heterocycles. The SMILES string of the molecule is COC1C=CC=C(C)C(=O)Nc2cc(O)c(N)c(c2O)CC(C)CC(OC)C(O)C(C)C=C(C)C1OC([NH3+])=O. The molecule has 0 aromatic heterocycles. The Kier molecular flexibility index (Phi) is 11.5. The van der Waals surface area contributed by atoms with E-state index < -0.39 is 42.3 Å². The topological polar surface area (TPSA) is 188 Å². The molecule has 1 aliphatic rings. The number of hydrogen-bond donors (Lipinski definition) is 6. The summed E-state index contributed by atoms with van der Waals surface area (Å²) in [4.78, 5) is 24.6. The van der Waals surface area contributed by atoms with Crippen molar-refractivity contribution in [2.24, 2.45) is 11.8 Å². The minimum atomic E-state index is -0.919. The molecule has 11 nitrogen and oxygen atoms in total. The summed E-state index contributed by atoms with van der Waals surface area (Å²) in [6.45, 7) is 7.07. The fourth-order valence-corrected chi connectivity index (χ4v) is 4.65. The van der Waals surface area contributed by atoms with Gasteiger partial charge in [-0.1, -0.05) is 38.2 Å². The first-order valence-electron chi connectivity index (χ1n) is 12.7. The van der Waals surface area contributed by atoms with Crippen molar-refractivity contribution >= 4 is 23.4 Å². The number of allylic oxidation sites excluding steroid dienone is 2. The lowest BCUT2D eigenvalue weighted by atomic mass is 9.87. The molecule has 2 amide bonds. The van der Waals surface area contributed by atoms with Gasteiger partial charge in [-0.15, -0.1) is 0 Å². The molecule has 2 rings (SSSR count). The maximum absolute atomic E-state index is 12.8. The number of carbonyl (C=O) groups is 2. The zero-order valence-corrected chi connectivity index (χ0v) is 23.4. The van der Waals surface area contributed by atoms with Gasteiger partial charge in [-0.2, -0.15) is 4.79 Å². The summed E-state index contributed by atoms with van der Waals surface area (Å²) < 4.78 is 16.6. The predicted octanol–water partition coefficient (Wildman–Crippen LogP) is 2.42. The molecule has 1 aromatic carbocycles. The molecule has 11 heteroatoms. The van der Waals surface area contributed by atoms with Gasteiger partial charge in [0.25, 0.3) is 5.91 Å². The van der Waals surface area contributed by atoms with Crippen LogP contribution < -0.4 is 16.8 Å². The lowest BCUT2D eigenvalue weighted by Crippen LogP contribution is -2.59. The van der Waals surface area contributed by atoms with E-state index in [9.17, 15) is 24.9 Å². The van der Waals surface area contributed by atoms with Gasteiger partial charge >= 0.3 is 6.09 Å². The molecule has 0 radical (unpaired) electrons. The number of ether oxygens (including phenoxy) is 3. The number of benzene rings is 1. The first-order chi connectivity index (χ1) is 18.3. The lowest BCUT2D eigenvalue weighted by Gasteiger charge is -2.29. The summed E-state index contributed by atoms with van der Waals surface area (Å²) in [6.07, 6.45) is 3.39. The van der Waals surface area contributed by atoms with E-state index >= 15 is 0 Å². The van der Waals surface area contributed by atoms with Crippen molar-refractivity contribution in [2.75, 3.05) is 25.3 Å². The third kappa shape index (κ3) is 8.30. The molecular weight excluding hydrogens is 506 g/mol. The maximum atomic E-state index is 12.8. The third-order valence-electron chi connectivity index (χ3n) is 6.89. The number of nitrogen functional groups attached to an aromatic ring is 1. The first kappa shape index (κ1) is 31.8. The maximum Gasteiger partial charge on any atom is 0.511 e. The number of anilines is 2. The molecule has 2 bridgehead atoms. The van der Waals surface area contributed by atoms with Gasteiger partial charge in [0.05, 0.1) is 23.6 Å². The Labute approximate surface area is 229 Å². The Morgan fingerprint density at radius 2 is 1.85 bits per heavy atom. The molecule has 0 fully saturated rings. The monoisotopic (exact) mass is 548 g/mol. The normalized spacial score (nSPS) is 27.3. The fourth-order valence-electron chi connectivity index (χ4n) is 4.65. The number of aliphatic hydroxyl groups excluding tert-OH is 1. The highest BCUT2D eigenvalue weighted by molar-refractivity contribution is 6.04.